The maximum absolute atomic E-state index is 12.5. The van der Waals surface area contributed by atoms with Crippen LogP contribution in [-0.2, 0) is 9.59 Å². The van der Waals surface area contributed by atoms with Crippen LogP contribution in [-0.4, -0.2) is 49.9 Å². The summed E-state index contributed by atoms with van der Waals surface area (Å²) >= 11 is 0. The first-order valence-electron chi connectivity index (χ1n) is 10.2. The predicted octanol–water partition coefficient (Wildman–Crippen LogP) is 3.19. The molecule has 0 aliphatic carbocycles. The molecule has 0 atom stereocenters. The van der Waals surface area contributed by atoms with E-state index in [0.29, 0.717) is 32.5 Å². The quantitative estimate of drug-likeness (QED) is 0.738. The Bertz CT molecular complexity index is 813. The number of hydrogen-bond donors (Lipinski definition) is 1. The van der Waals surface area contributed by atoms with Gasteiger partial charge in [-0.05, 0) is 36.6 Å². The van der Waals surface area contributed by atoms with Gasteiger partial charge in [-0.15, -0.1) is 0 Å². The SMILES string of the molecule is CN(CCNC(=O)C1CCN(C(=O)/C=C/c2ccccc2)CC1)c1ccccc1. The molecule has 1 aliphatic rings. The lowest BCUT2D eigenvalue weighted by molar-refractivity contribution is -0.132. The number of carbonyl (C=O) groups is 2. The number of nitrogens with zero attached hydrogens (tertiary/aromatic N) is 2. The van der Waals surface area contributed by atoms with Crippen molar-refractivity contribution in [3.05, 3.63) is 72.3 Å². The molecule has 1 heterocycles. The Hall–Kier alpha value is -3.08. The number of carbonyl (C=O) groups excluding carboxylic acids is 2. The highest BCUT2D eigenvalue weighted by Crippen LogP contribution is 2.18. The van der Waals surface area contributed by atoms with E-state index in [4.69, 9.17) is 0 Å². The van der Waals surface area contributed by atoms with E-state index in [1.165, 1.54) is 0 Å². The van der Waals surface area contributed by atoms with Gasteiger partial charge in [0.15, 0.2) is 0 Å². The molecule has 1 aliphatic heterocycles. The number of hydrogen-bond acceptors (Lipinski definition) is 3. The van der Waals surface area contributed by atoms with E-state index in [0.717, 1.165) is 17.8 Å². The maximum atomic E-state index is 12.5. The van der Waals surface area contributed by atoms with Crippen LogP contribution in [0.4, 0.5) is 5.69 Å². The molecule has 1 fully saturated rings. The van der Waals surface area contributed by atoms with Gasteiger partial charge in [-0.2, -0.15) is 0 Å². The third kappa shape index (κ3) is 6.21. The van der Waals surface area contributed by atoms with Crippen molar-refractivity contribution in [3.8, 4) is 0 Å². The van der Waals surface area contributed by atoms with Gasteiger partial charge in [0.2, 0.25) is 11.8 Å². The van der Waals surface area contributed by atoms with Crippen LogP contribution < -0.4 is 10.2 Å². The van der Waals surface area contributed by atoms with Gasteiger partial charge >= 0.3 is 0 Å². The van der Waals surface area contributed by atoms with E-state index in [1.807, 2.05) is 66.6 Å². The largest absolute Gasteiger partial charge is 0.373 e. The third-order valence-corrected chi connectivity index (χ3v) is 5.34. The second-order valence-corrected chi connectivity index (χ2v) is 7.39. The first-order valence-corrected chi connectivity index (χ1v) is 10.2. The molecule has 2 aromatic carbocycles. The van der Waals surface area contributed by atoms with Crippen molar-refractivity contribution in [2.75, 3.05) is 38.1 Å². The van der Waals surface area contributed by atoms with Gasteiger partial charge in [-0.3, -0.25) is 9.59 Å². The summed E-state index contributed by atoms with van der Waals surface area (Å²) in [6.07, 6.45) is 4.88. The Kier molecular flexibility index (Phi) is 7.45. The fourth-order valence-corrected chi connectivity index (χ4v) is 3.50. The first kappa shape index (κ1) is 20.6. The molecule has 2 amide bonds. The van der Waals surface area contributed by atoms with Crippen molar-refractivity contribution in [1.29, 1.82) is 0 Å². The van der Waals surface area contributed by atoms with Crippen molar-refractivity contribution in [2.24, 2.45) is 5.92 Å². The maximum Gasteiger partial charge on any atom is 0.246 e. The lowest BCUT2D eigenvalue weighted by Gasteiger charge is -2.30. The Morgan fingerprint density at radius 1 is 1.03 bits per heavy atom. The van der Waals surface area contributed by atoms with E-state index in [2.05, 4.69) is 22.3 Å². The van der Waals surface area contributed by atoms with Gasteiger partial charge in [0, 0.05) is 50.9 Å². The highest BCUT2D eigenvalue weighted by atomic mass is 16.2. The van der Waals surface area contributed by atoms with E-state index in [-0.39, 0.29) is 17.7 Å². The number of para-hydroxylation sites is 1. The van der Waals surface area contributed by atoms with Gasteiger partial charge in [0.1, 0.15) is 0 Å². The lowest BCUT2D eigenvalue weighted by Crippen LogP contribution is -2.43. The predicted molar refractivity (Wildman–Crippen MR) is 118 cm³/mol. The summed E-state index contributed by atoms with van der Waals surface area (Å²) in [6, 6.07) is 19.9. The highest BCUT2D eigenvalue weighted by molar-refractivity contribution is 5.92. The zero-order valence-electron chi connectivity index (χ0n) is 17.0. The van der Waals surface area contributed by atoms with E-state index >= 15 is 0 Å². The highest BCUT2D eigenvalue weighted by Gasteiger charge is 2.26. The van der Waals surface area contributed by atoms with Crippen molar-refractivity contribution in [2.45, 2.75) is 12.8 Å². The lowest BCUT2D eigenvalue weighted by atomic mass is 9.96. The number of likely N-dealkylation sites (tertiary alicyclic amines) is 1. The standard InChI is InChI=1S/C24H29N3O2/c1-26(22-10-6-3-7-11-22)19-16-25-24(29)21-14-17-27(18-15-21)23(28)13-12-20-8-4-2-5-9-20/h2-13,21H,14-19H2,1H3,(H,25,29)/b13-12+. The minimum Gasteiger partial charge on any atom is -0.373 e. The van der Waals surface area contributed by atoms with Gasteiger partial charge in [-0.25, -0.2) is 0 Å². The molecule has 1 N–H and O–H groups in total. The second-order valence-electron chi connectivity index (χ2n) is 7.39. The molecular formula is C24H29N3O2. The first-order chi connectivity index (χ1) is 14.1. The number of amides is 2. The number of benzene rings is 2. The smallest absolute Gasteiger partial charge is 0.246 e. The number of piperidine rings is 1. The fourth-order valence-electron chi connectivity index (χ4n) is 3.50. The molecule has 29 heavy (non-hydrogen) atoms. The summed E-state index contributed by atoms with van der Waals surface area (Å²) in [6.45, 7) is 2.63. The molecule has 5 nitrogen and oxygen atoms in total. The molecule has 0 spiro atoms. The number of likely N-dealkylation sites (N-methyl/N-ethyl adjacent to an activating group) is 1. The Balaban J connectivity index is 1.38. The molecule has 0 radical (unpaired) electrons. The van der Waals surface area contributed by atoms with Gasteiger partial charge < -0.3 is 15.1 Å². The Labute approximate surface area is 173 Å². The van der Waals surface area contributed by atoms with E-state index in [1.54, 1.807) is 6.08 Å². The zero-order chi connectivity index (χ0) is 20.5. The Morgan fingerprint density at radius 3 is 2.31 bits per heavy atom. The molecular weight excluding hydrogens is 362 g/mol. The van der Waals surface area contributed by atoms with Crippen LogP contribution in [0.2, 0.25) is 0 Å². The van der Waals surface area contributed by atoms with Gasteiger partial charge in [0.25, 0.3) is 0 Å². The normalized spacial score (nSPS) is 14.7. The molecule has 0 bridgehead atoms. The molecule has 1 saturated heterocycles. The summed E-state index contributed by atoms with van der Waals surface area (Å²) in [5, 5.41) is 3.05. The minimum absolute atomic E-state index is 0.0113. The van der Waals surface area contributed by atoms with E-state index in [9.17, 15) is 9.59 Å². The molecule has 0 aromatic heterocycles. The number of rotatable bonds is 7. The van der Waals surface area contributed by atoms with Crippen LogP contribution in [0.3, 0.4) is 0 Å². The molecule has 5 heteroatoms. The molecule has 3 rings (SSSR count). The van der Waals surface area contributed by atoms with Crippen LogP contribution in [0.25, 0.3) is 6.08 Å². The Morgan fingerprint density at radius 2 is 1.66 bits per heavy atom. The summed E-state index contributed by atoms with van der Waals surface area (Å²) in [5.41, 5.74) is 2.15. The van der Waals surface area contributed by atoms with Crippen LogP contribution in [0.15, 0.2) is 66.7 Å². The zero-order valence-corrected chi connectivity index (χ0v) is 17.0. The van der Waals surface area contributed by atoms with Crippen LogP contribution in [0, 0.1) is 5.92 Å². The van der Waals surface area contributed by atoms with Crippen molar-refractivity contribution in [1.82, 2.24) is 10.2 Å². The van der Waals surface area contributed by atoms with Crippen molar-refractivity contribution in [3.63, 3.8) is 0 Å². The van der Waals surface area contributed by atoms with Crippen LogP contribution in [0.1, 0.15) is 18.4 Å². The third-order valence-electron chi connectivity index (χ3n) is 5.34. The van der Waals surface area contributed by atoms with Crippen LogP contribution >= 0.6 is 0 Å². The average Bonchev–Trinajstić information content (AvgIpc) is 2.78. The van der Waals surface area contributed by atoms with Crippen molar-refractivity contribution >= 4 is 23.6 Å². The molecule has 2 aromatic rings. The average molecular weight is 392 g/mol. The monoisotopic (exact) mass is 391 g/mol. The summed E-state index contributed by atoms with van der Waals surface area (Å²) in [5.74, 6) is 0.0924. The van der Waals surface area contributed by atoms with Gasteiger partial charge in [-0.1, -0.05) is 48.5 Å². The second kappa shape index (κ2) is 10.5. The summed E-state index contributed by atoms with van der Waals surface area (Å²) in [4.78, 5) is 28.8. The minimum atomic E-state index is -0.0146. The summed E-state index contributed by atoms with van der Waals surface area (Å²) < 4.78 is 0. The molecule has 152 valence electrons. The number of nitrogens with one attached hydrogen (secondary N) is 1. The fraction of sp³-hybridized carbons (Fsp3) is 0.333. The van der Waals surface area contributed by atoms with Crippen LogP contribution in [0.5, 0.6) is 0 Å². The summed E-state index contributed by atoms with van der Waals surface area (Å²) in [7, 11) is 2.02. The molecule has 0 unspecified atom stereocenters. The topological polar surface area (TPSA) is 52.7 Å². The molecule has 0 saturated carbocycles. The van der Waals surface area contributed by atoms with Gasteiger partial charge in [0.05, 0.1) is 0 Å². The van der Waals surface area contributed by atoms with E-state index < -0.39 is 0 Å². The number of anilines is 1. The van der Waals surface area contributed by atoms with Crippen molar-refractivity contribution < 1.29 is 9.59 Å².